The zero-order valence-electron chi connectivity index (χ0n) is 6.98. The van der Waals surface area contributed by atoms with Crippen LogP contribution in [0.5, 0.6) is 0 Å². The highest BCUT2D eigenvalue weighted by Crippen LogP contribution is 2.24. The Bertz CT molecular complexity index is 418. The Kier molecular flexibility index (Phi) is 2.37. The number of hydrogen-bond acceptors (Lipinski definition) is 3. The third-order valence-corrected chi connectivity index (χ3v) is 1.98. The van der Waals surface area contributed by atoms with Gasteiger partial charge in [-0.25, -0.2) is 9.37 Å². The second-order valence-corrected chi connectivity index (χ2v) is 2.94. The topological polar surface area (TPSA) is 38.7 Å². The molecule has 0 radical (unpaired) electrons. The Labute approximate surface area is 84.6 Å². The van der Waals surface area contributed by atoms with Crippen LogP contribution < -0.4 is 0 Å². The molecule has 0 aliphatic heterocycles. The molecule has 14 heavy (non-hydrogen) atoms. The van der Waals surface area contributed by atoms with Gasteiger partial charge in [0, 0.05) is 5.56 Å². The molecule has 1 aromatic heterocycles. The fraction of sp³-hybridized carbons (Fsp3) is 0. The van der Waals surface area contributed by atoms with Crippen LogP contribution in [0.15, 0.2) is 30.6 Å². The van der Waals surface area contributed by atoms with E-state index in [4.69, 9.17) is 11.6 Å². The van der Waals surface area contributed by atoms with Crippen LogP contribution in [-0.2, 0) is 0 Å². The van der Waals surface area contributed by atoms with Gasteiger partial charge < -0.3 is 0 Å². The maximum atomic E-state index is 13.3. The molecule has 5 heteroatoms. The van der Waals surface area contributed by atoms with E-state index in [1.54, 1.807) is 18.2 Å². The van der Waals surface area contributed by atoms with Gasteiger partial charge in [0.25, 0.3) is 0 Å². The second kappa shape index (κ2) is 3.67. The van der Waals surface area contributed by atoms with Gasteiger partial charge >= 0.3 is 0 Å². The van der Waals surface area contributed by atoms with E-state index in [2.05, 4.69) is 15.2 Å². The summed E-state index contributed by atoms with van der Waals surface area (Å²) in [6.07, 6.45) is 1.21. The van der Waals surface area contributed by atoms with Crippen LogP contribution in [0.4, 0.5) is 4.39 Å². The van der Waals surface area contributed by atoms with Crippen LogP contribution in [0, 0.1) is 5.82 Å². The van der Waals surface area contributed by atoms with E-state index in [0.717, 1.165) is 0 Å². The first-order chi connectivity index (χ1) is 6.79. The van der Waals surface area contributed by atoms with Crippen molar-refractivity contribution in [1.29, 1.82) is 0 Å². The minimum atomic E-state index is -0.392. The lowest BCUT2D eigenvalue weighted by Gasteiger charge is -2.01. The van der Waals surface area contributed by atoms with Gasteiger partial charge in [-0.3, -0.25) is 0 Å². The van der Waals surface area contributed by atoms with Crippen molar-refractivity contribution in [3.05, 3.63) is 41.6 Å². The quantitative estimate of drug-likeness (QED) is 0.724. The van der Waals surface area contributed by atoms with Gasteiger partial charge in [0.2, 0.25) is 0 Å². The van der Waals surface area contributed by atoms with Gasteiger partial charge in [-0.2, -0.15) is 0 Å². The monoisotopic (exact) mass is 209 g/mol. The summed E-state index contributed by atoms with van der Waals surface area (Å²) >= 11 is 5.75. The summed E-state index contributed by atoms with van der Waals surface area (Å²) in [5.74, 6) is -0.392. The standard InChI is InChI=1S/C9H5ClFN3/c10-9-8(14-13-5-12-9)6-3-1-2-4-7(6)11/h1-5H. The maximum absolute atomic E-state index is 13.3. The largest absolute Gasteiger partial charge is 0.220 e. The van der Waals surface area contributed by atoms with Gasteiger partial charge in [-0.05, 0) is 12.1 Å². The molecule has 0 spiro atoms. The van der Waals surface area contributed by atoms with E-state index in [-0.39, 0.29) is 10.8 Å². The third kappa shape index (κ3) is 1.56. The first kappa shape index (κ1) is 9.02. The van der Waals surface area contributed by atoms with Crippen molar-refractivity contribution in [2.75, 3.05) is 0 Å². The molecule has 0 unspecified atom stereocenters. The van der Waals surface area contributed by atoms with Crippen molar-refractivity contribution in [3.63, 3.8) is 0 Å². The lowest BCUT2D eigenvalue weighted by atomic mass is 10.1. The normalized spacial score (nSPS) is 10.1. The van der Waals surface area contributed by atoms with Gasteiger partial charge in [0.1, 0.15) is 17.8 Å². The van der Waals surface area contributed by atoms with E-state index in [9.17, 15) is 4.39 Å². The van der Waals surface area contributed by atoms with E-state index >= 15 is 0 Å². The molecule has 0 aliphatic rings. The summed E-state index contributed by atoms with van der Waals surface area (Å²) in [5.41, 5.74) is 0.561. The summed E-state index contributed by atoms with van der Waals surface area (Å²) in [4.78, 5) is 3.72. The van der Waals surface area contributed by atoms with Crippen LogP contribution in [0.2, 0.25) is 5.15 Å². The summed E-state index contributed by atoms with van der Waals surface area (Å²) in [5, 5.41) is 7.42. The zero-order valence-corrected chi connectivity index (χ0v) is 7.74. The predicted molar refractivity (Wildman–Crippen MR) is 50.2 cm³/mol. The molecule has 0 N–H and O–H groups in total. The van der Waals surface area contributed by atoms with Crippen LogP contribution in [0.25, 0.3) is 11.3 Å². The summed E-state index contributed by atoms with van der Waals surface area (Å²) in [6, 6.07) is 6.20. The number of benzene rings is 1. The molecule has 2 aromatic rings. The first-order valence-corrected chi connectivity index (χ1v) is 4.25. The number of halogens is 2. The fourth-order valence-corrected chi connectivity index (χ4v) is 1.26. The van der Waals surface area contributed by atoms with Crippen LogP contribution in [0.1, 0.15) is 0 Å². The highest BCUT2D eigenvalue weighted by Gasteiger charge is 2.10. The second-order valence-electron chi connectivity index (χ2n) is 2.58. The Balaban J connectivity index is 2.61. The minimum absolute atomic E-state index is 0.144. The van der Waals surface area contributed by atoms with Crippen molar-refractivity contribution in [1.82, 2.24) is 15.2 Å². The summed E-state index contributed by atoms with van der Waals surface area (Å²) in [6.45, 7) is 0. The van der Waals surface area contributed by atoms with Gasteiger partial charge in [0.05, 0.1) is 0 Å². The molecule has 0 atom stereocenters. The van der Waals surface area contributed by atoms with Crippen molar-refractivity contribution in [3.8, 4) is 11.3 Å². The van der Waals surface area contributed by atoms with E-state index in [0.29, 0.717) is 5.56 Å². The van der Waals surface area contributed by atoms with Crippen molar-refractivity contribution in [2.24, 2.45) is 0 Å². The molecule has 0 bridgehead atoms. The number of hydrogen-bond donors (Lipinski definition) is 0. The van der Waals surface area contributed by atoms with Gasteiger partial charge in [0.15, 0.2) is 5.15 Å². The molecule has 0 aliphatic carbocycles. The average molecular weight is 210 g/mol. The van der Waals surface area contributed by atoms with Crippen molar-refractivity contribution < 1.29 is 4.39 Å². The molecule has 0 fully saturated rings. The van der Waals surface area contributed by atoms with E-state index in [1.165, 1.54) is 12.4 Å². The van der Waals surface area contributed by atoms with Crippen molar-refractivity contribution in [2.45, 2.75) is 0 Å². The van der Waals surface area contributed by atoms with E-state index in [1.807, 2.05) is 0 Å². The number of nitrogens with zero attached hydrogens (tertiary/aromatic N) is 3. The molecule has 1 heterocycles. The molecule has 0 saturated carbocycles. The number of rotatable bonds is 1. The molecule has 2 rings (SSSR count). The minimum Gasteiger partial charge on any atom is -0.220 e. The highest BCUT2D eigenvalue weighted by molar-refractivity contribution is 6.31. The molecule has 3 nitrogen and oxygen atoms in total. The smallest absolute Gasteiger partial charge is 0.159 e. The highest BCUT2D eigenvalue weighted by atomic mass is 35.5. The molecular weight excluding hydrogens is 205 g/mol. The van der Waals surface area contributed by atoms with Crippen LogP contribution in [0.3, 0.4) is 0 Å². The Hall–Kier alpha value is -1.55. The molecule has 70 valence electrons. The lowest BCUT2D eigenvalue weighted by Crippen LogP contribution is -1.93. The lowest BCUT2D eigenvalue weighted by molar-refractivity contribution is 0.630. The maximum Gasteiger partial charge on any atom is 0.159 e. The summed E-state index contributed by atoms with van der Waals surface area (Å²) < 4.78 is 13.3. The average Bonchev–Trinajstić information content (AvgIpc) is 2.20. The Morgan fingerprint density at radius 1 is 1.21 bits per heavy atom. The third-order valence-electron chi connectivity index (χ3n) is 1.70. The number of aromatic nitrogens is 3. The molecule has 0 amide bonds. The Morgan fingerprint density at radius 3 is 2.71 bits per heavy atom. The Morgan fingerprint density at radius 2 is 2.00 bits per heavy atom. The molecule has 0 saturated heterocycles. The van der Waals surface area contributed by atoms with Gasteiger partial charge in [-0.1, -0.05) is 23.7 Å². The van der Waals surface area contributed by atoms with Crippen LogP contribution in [-0.4, -0.2) is 15.2 Å². The van der Waals surface area contributed by atoms with Gasteiger partial charge in [-0.15, -0.1) is 10.2 Å². The SMILES string of the molecule is Fc1ccccc1-c1nncnc1Cl. The van der Waals surface area contributed by atoms with Crippen molar-refractivity contribution >= 4 is 11.6 Å². The van der Waals surface area contributed by atoms with E-state index < -0.39 is 5.82 Å². The molecule has 1 aromatic carbocycles. The first-order valence-electron chi connectivity index (χ1n) is 3.87. The predicted octanol–water partition coefficient (Wildman–Crippen LogP) is 2.33. The summed E-state index contributed by atoms with van der Waals surface area (Å²) in [7, 11) is 0. The van der Waals surface area contributed by atoms with Crippen LogP contribution >= 0.6 is 11.6 Å². The molecular formula is C9H5ClFN3. The fourth-order valence-electron chi connectivity index (χ4n) is 1.08. The zero-order chi connectivity index (χ0) is 9.97.